The average Bonchev–Trinajstić information content (AvgIpc) is 2.65. The second-order valence-electron chi connectivity index (χ2n) is 5.28. The first-order valence-corrected chi connectivity index (χ1v) is 8.39. The zero-order valence-electron chi connectivity index (χ0n) is 13.4. The van der Waals surface area contributed by atoms with Gasteiger partial charge in [0.25, 0.3) is 11.8 Å². The van der Waals surface area contributed by atoms with E-state index in [1.54, 1.807) is 48.5 Å². The maximum atomic E-state index is 12.4. The molecule has 2 N–H and O–H groups in total. The first-order chi connectivity index (χ1) is 12.5. The van der Waals surface area contributed by atoms with Crippen molar-refractivity contribution in [2.24, 2.45) is 0 Å². The molecule has 2 amide bonds. The summed E-state index contributed by atoms with van der Waals surface area (Å²) in [6, 6.07) is 18.5. The summed E-state index contributed by atoms with van der Waals surface area (Å²) in [5.41, 5.74) is 1.12. The summed E-state index contributed by atoms with van der Waals surface area (Å²) >= 11 is 12.1. The van der Waals surface area contributed by atoms with Gasteiger partial charge in [0.05, 0.1) is 15.7 Å². The van der Waals surface area contributed by atoms with Crippen LogP contribution in [0.4, 0.5) is 11.4 Å². The van der Waals surface area contributed by atoms with Crippen LogP contribution in [-0.4, -0.2) is 16.8 Å². The minimum Gasteiger partial charge on any atom is -0.321 e. The summed E-state index contributed by atoms with van der Waals surface area (Å²) in [6.45, 7) is 0. The van der Waals surface area contributed by atoms with E-state index in [0.717, 1.165) is 0 Å². The van der Waals surface area contributed by atoms with Crippen LogP contribution in [0.1, 0.15) is 21.0 Å². The molecule has 1 heterocycles. The van der Waals surface area contributed by atoms with Crippen molar-refractivity contribution in [2.45, 2.75) is 0 Å². The smallest absolute Gasteiger partial charge is 0.274 e. The Labute approximate surface area is 160 Å². The molecular weight excluding hydrogens is 373 g/mol. The normalized spacial score (nSPS) is 10.2. The number of nitrogens with one attached hydrogen (secondary N) is 2. The summed E-state index contributed by atoms with van der Waals surface area (Å²) in [7, 11) is 0. The van der Waals surface area contributed by atoms with Crippen LogP contribution in [-0.2, 0) is 0 Å². The van der Waals surface area contributed by atoms with Crippen LogP contribution < -0.4 is 10.6 Å². The molecular formula is C19H13Cl2N3O2. The summed E-state index contributed by atoms with van der Waals surface area (Å²) in [5, 5.41) is 5.95. The molecule has 3 aromatic rings. The molecule has 0 aliphatic heterocycles. The Balaban J connectivity index is 1.78. The minimum atomic E-state index is -0.519. The van der Waals surface area contributed by atoms with Crippen molar-refractivity contribution in [3.8, 4) is 0 Å². The zero-order valence-corrected chi connectivity index (χ0v) is 14.9. The molecule has 0 aliphatic rings. The van der Waals surface area contributed by atoms with Gasteiger partial charge in [-0.05, 0) is 36.4 Å². The number of rotatable bonds is 4. The molecule has 0 aliphatic carbocycles. The highest BCUT2D eigenvalue weighted by Crippen LogP contribution is 2.30. The summed E-state index contributed by atoms with van der Waals surface area (Å²) in [6.07, 6.45) is 0. The average molecular weight is 386 g/mol. The van der Waals surface area contributed by atoms with Crippen molar-refractivity contribution in [3.63, 3.8) is 0 Å². The number of halogens is 2. The Kier molecular flexibility index (Phi) is 5.51. The number of aromatic nitrogens is 1. The SMILES string of the molecule is O=C(Nc1ccccc1)c1cccc(C(=O)Nc2c(Cl)cccc2Cl)n1. The predicted octanol–water partition coefficient (Wildman–Crippen LogP) is 4.89. The molecule has 0 atom stereocenters. The molecule has 26 heavy (non-hydrogen) atoms. The van der Waals surface area contributed by atoms with E-state index in [1.807, 2.05) is 6.07 Å². The largest absolute Gasteiger partial charge is 0.321 e. The van der Waals surface area contributed by atoms with Crippen LogP contribution in [0.25, 0.3) is 0 Å². The Morgan fingerprint density at radius 2 is 1.23 bits per heavy atom. The third-order valence-corrected chi connectivity index (χ3v) is 4.08. The van der Waals surface area contributed by atoms with E-state index >= 15 is 0 Å². The van der Waals surface area contributed by atoms with E-state index in [9.17, 15) is 9.59 Å². The fourth-order valence-corrected chi connectivity index (χ4v) is 2.69. The van der Waals surface area contributed by atoms with E-state index < -0.39 is 11.8 Å². The first-order valence-electron chi connectivity index (χ1n) is 7.63. The van der Waals surface area contributed by atoms with Crippen molar-refractivity contribution in [1.29, 1.82) is 0 Å². The second-order valence-corrected chi connectivity index (χ2v) is 6.09. The number of pyridine rings is 1. The van der Waals surface area contributed by atoms with E-state index in [1.165, 1.54) is 12.1 Å². The number of carbonyl (C=O) groups excluding carboxylic acids is 2. The lowest BCUT2D eigenvalue weighted by molar-refractivity contribution is 0.101. The van der Waals surface area contributed by atoms with Crippen LogP contribution in [0.3, 0.4) is 0 Å². The van der Waals surface area contributed by atoms with Crippen molar-refractivity contribution in [3.05, 3.63) is 88.2 Å². The lowest BCUT2D eigenvalue weighted by atomic mass is 10.2. The quantitative estimate of drug-likeness (QED) is 0.671. The fraction of sp³-hybridized carbons (Fsp3) is 0. The molecule has 7 heteroatoms. The van der Waals surface area contributed by atoms with Crippen LogP contribution in [0, 0.1) is 0 Å². The Morgan fingerprint density at radius 3 is 1.85 bits per heavy atom. The Morgan fingerprint density at radius 1 is 0.692 bits per heavy atom. The maximum Gasteiger partial charge on any atom is 0.274 e. The summed E-state index contributed by atoms with van der Waals surface area (Å²) < 4.78 is 0. The van der Waals surface area contributed by atoms with Gasteiger partial charge in [0, 0.05) is 5.69 Å². The molecule has 0 bridgehead atoms. The van der Waals surface area contributed by atoms with Gasteiger partial charge in [-0.15, -0.1) is 0 Å². The molecule has 3 rings (SSSR count). The van der Waals surface area contributed by atoms with Gasteiger partial charge < -0.3 is 10.6 Å². The van der Waals surface area contributed by atoms with Gasteiger partial charge in [0.2, 0.25) is 0 Å². The first kappa shape index (κ1) is 17.9. The highest BCUT2D eigenvalue weighted by Gasteiger charge is 2.15. The Bertz CT molecular complexity index is 942. The maximum absolute atomic E-state index is 12.4. The second kappa shape index (κ2) is 7.99. The van der Waals surface area contributed by atoms with Gasteiger partial charge in [-0.3, -0.25) is 9.59 Å². The fourth-order valence-electron chi connectivity index (χ4n) is 2.20. The molecule has 0 radical (unpaired) electrons. The molecule has 0 spiro atoms. The van der Waals surface area contributed by atoms with Gasteiger partial charge in [0.15, 0.2) is 0 Å². The standard InChI is InChI=1S/C19H13Cl2N3O2/c20-13-8-4-9-14(21)17(13)24-19(26)16-11-5-10-15(23-16)18(25)22-12-6-2-1-3-7-12/h1-11H,(H,22,25)(H,24,26). The van der Waals surface area contributed by atoms with Crippen LogP contribution in [0.15, 0.2) is 66.7 Å². The molecule has 0 saturated carbocycles. The van der Waals surface area contributed by atoms with E-state index in [4.69, 9.17) is 23.2 Å². The van der Waals surface area contributed by atoms with Crippen LogP contribution in [0.2, 0.25) is 10.0 Å². The van der Waals surface area contributed by atoms with E-state index in [-0.39, 0.29) is 11.4 Å². The van der Waals surface area contributed by atoms with Crippen LogP contribution in [0.5, 0.6) is 0 Å². The summed E-state index contributed by atoms with van der Waals surface area (Å²) in [5.74, 6) is -0.934. The van der Waals surface area contributed by atoms with Gasteiger partial charge in [0.1, 0.15) is 11.4 Å². The molecule has 0 saturated heterocycles. The predicted molar refractivity (Wildman–Crippen MR) is 103 cm³/mol. The number of amides is 2. The number of nitrogens with zero attached hydrogens (tertiary/aromatic N) is 1. The number of hydrogen-bond donors (Lipinski definition) is 2. The van der Waals surface area contributed by atoms with Gasteiger partial charge in [-0.1, -0.05) is 53.5 Å². The van der Waals surface area contributed by atoms with Crippen LogP contribution >= 0.6 is 23.2 Å². The zero-order chi connectivity index (χ0) is 18.5. The van der Waals surface area contributed by atoms with Crippen molar-refractivity contribution >= 4 is 46.4 Å². The topological polar surface area (TPSA) is 71.1 Å². The molecule has 5 nitrogen and oxygen atoms in total. The monoisotopic (exact) mass is 385 g/mol. The van der Waals surface area contributed by atoms with Crippen molar-refractivity contribution < 1.29 is 9.59 Å². The van der Waals surface area contributed by atoms with Gasteiger partial charge in [-0.25, -0.2) is 4.98 Å². The van der Waals surface area contributed by atoms with E-state index in [0.29, 0.717) is 21.4 Å². The van der Waals surface area contributed by atoms with Gasteiger partial charge >= 0.3 is 0 Å². The molecule has 1 aromatic heterocycles. The number of benzene rings is 2. The van der Waals surface area contributed by atoms with E-state index in [2.05, 4.69) is 15.6 Å². The third kappa shape index (κ3) is 4.20. The third-order valence-electron chi connectivity index (χ3n) is 3.45. The molecule has 2 aromatic carbocycles. The van der Waals surface area contributed by atoms with Gasteiger partial charge in [-0.2, -0.15) is 0 Å². The Hall–Kier alpha value is -2.89. The molecule has 0 unspecified atom stereocenters. The number of hydrogen-bond acceptors (Lipinski definition) is 3. The highest BCUT2D eigenvalue weighted by molar-refractivity contribution is 6.40. The minimum absolute atomic E-state index is 0.0710. The number of carbonyl (C=O) groups is 2. The van der Waals surface area contributed by atoms with Crippen molar-refractivity contribution in [1.82, 2.24) is 4.98 Å². The number of anilines is 2. The lowest BCUT2D eigenvalue weighted by Crippen LogP contribution is -2.18. The summed E-state index contributed by atoms with van der Waals surface area (Å²) in [4.78, 5) is 28.9. The lowest BCUT2D eigenvalue weighted by Gasteiger charge is -2.09. The molecule has 0 fully saturated rings. The number of para-hydroxylation sites is 2. The van der Waals surface area contributed by atoms with Crippen molar-refractivity contribution in [2.75, 3.05) is 10.6 Å². The molecule has 130 valence electrons. The highest BCUT2D eigenvalue weighted by atomic mass is 35.5.